The quantitative estimate of drug-likeness (QED) is 0.262. The second-order valence-corrected chi connectivity index (χ2v) is 12.6. The van der Waals surface area contributed by atoms with Crippen LogP contribution in [0, 0.1) is 5.41 Å². The molecule has 0 bridgehead atoms. The maximum Gasteiger partial charge on any atom is 0.282 e. The van der Waals surface area contributed by atoms with E-state index >= 15 is 0 Å². The highest BCUT2D eigenvalue weighted by molar-refractivity contribution is 9.11. The second-order valence-electron chi connectivity index (χ2n) is 9.99. The van der Waals surface area contributed by atoms with Crippen molar-refractivity contribution in [2.45, 2.75) is 58.8 Å². The van der Waals surface area contributed by atoms with Crippen LogP contribution in [0.15, 0.2) is 53.6 Å². The van der Waals surface area contributed by atoms with E-state index in [-0.39, 0.29) is 16.9 Å². The van der Waals surface area contributed by atoms with Gasteiger partial charge in [0, 0.05) is 10.4 Å². The van der Waals surface area contributed by atoms with Gasteiger partial charge in [-0.05, 0) is 86.0 Å². The zero-order valence-corrected chi connectivity index (χ0v) is 24.3. The number of hydrogen-bond acceptors (Lipinski definition) is 4. The lowest BCUT2D eigenvalue weighted by atomic mass is 9.88. The fourth-order valence-electron chi connectivity index (χ4n) is 4.11. The summed E-state index contributed by atoms with van der Waals surface area (Å²) in [5.74, 6) is 1.74. The molecule has 0 atom stereocenters. The molecule has 0 amide bonds. The Morgan fingerprint density at radius 2 is 1.76 bits per heavy atom. The Hall–Kier alpha value is -1.51. The number of halogens is 3. The summed E-state index contributed by atoms with van der Waals surface area (Å²) < 4.78 is 10.0. The minimum atomic E-state index is -0.147. The van der Waals surface area contributed by atoms with Crippen molar-refractivity contribution in [3.05, 3.63) is 65.5 Å². The average Bonchev–Trinajstić information content (AvgIpc) is 2.78. The van der Waals surface area contributed by atoms with Crippen LogP contribution in [0.3, 0.4) is 0 Å². The minimum absolute atomic E-state index is 0.0494. The summed E-state index contributed by atoms with van der Waals surface area (Å²) in [5, 5.41) is 5.20. The van der Waals surface area contributed by atoms with Gasteiger partial charge >= 0.3 is 0 Å². The molecule has 0 spiro atoms. The summed E-state index contributed by atoms with van der Waals surface area (Å²) in [6.07, 6.45) is 7.30. The Balaban J connectivity index is 1.74. The number of nitrogens with zero attached hydrogens (tertiary/aromatic N) is 3. The average molecular weight is 654 g/mol. The number of benzene rings is 2. The first-order valence-electron chi connectivity index (χ1n) is 11.5. The van der Waals surface area contributed by atoms with Crippen molar-refractivity contribution in [2.24, 2.45) is 10.5 Å². The molecule has 1 saturated carbocycles. The van der Waals surface area contributed by atoms with Crippen LogP contribution in [-0.2, 0) is 0 Å². The van der Waals surface area contributed by atoms with Crippen LogP contribution in [0.25, 0.3) is 10.9 Å². The molecular weight excluding hydrogens is 626 g/mol. The maximum absolute atomic E-state index is 13.5. The standard InChI is InChI=1S/C26H28Br3N3O2/c1-26(2,3)15-34-23-20(28)11-16(12-21(23)29)14-30-32-24(17-7-5-4-6-8-17)31-22-10-9-18(27)13-19(22)25(32)33/h9-14,17H,4-8,15H2,1-3H3. The van der Waals surface area contributed by atoms with Crippen molar-refractivity contribution >= 4 is 64.9 Å². The van der Waals surface area contributed by atoms with Crippen molar-refractivity contribution in [3.8, 4) is 5.75 Å². The summed E-state index contributed by atoms with van der Waals surface area (Å²) >= 11 is 10.7. The summed E-state index contributed by atoms with van der Waals surface area (Å²) in [4.78, 5) is 18.4. The van der Waals surface area contributed by atoms with Crippen molar-refractivity contribution in [2.75, 3.05) is 6.61 Å². The van der Waals surface area contributed by atoms with E-state index in [1.807, 2.05) is 30.3 Å². The molecule has 5 nitrogen and oxygen atoms in total. The minimum Gasteiger partial charge on any atom is -0.491 e. The Bertz CT molecular complexity index is 1270. The molecule has 34 heavy (non-hydrogen) atoms. The van der Waals surface area contributed by atoms with E-state index in [1.165, 1.54) is 11.1 Å². The molecule has 1 aliphatic carbocycles. The Morgan fingerprint density at radius 1 is 1.09 bits per heavy atom. The van der Waals surface area contributed by atoms with E-state index in [2.05, 4.69) is 73.7 Å². The molecule has 0 saturated heterocycles. The largest absolute Gasteiger partial charge is 0.491 e. The van der Waals surface area contributed by atoms with Gasteiger partial charge in [-0.1, -0.05) is 56.0 Å². The lowest BCUT2D eigenvalue weighted by molar-refractivity contribution is 0.196. The van der Waals surface area contributed by atoms with Gasteiger partial charge in [0.25, 0.3) is 5.56 Å². The maximum atomic E-state index is 13.5. The van der Waals surface area contributed by atoms with Gasteiger partial charge in [0.15, 0.2) is 0 Å². The lowest BCUT2D eigenvalue weighted by Crippen LogP contribution is -2.25. The molecule has 1 fully saturated rings. The van der Waals surface area contributed by atoms with E-state index in [1.54, 1.807) is 6.21 Å². The lowest BCUT2D eigenvalue weighted by Gasteiger charge is -2.22. The van der Waals surface area contributed by atoms with Crippen LogP contribution in [-0.4, -0.2) is 22.5 Å². The predicted octanol–water partition coefficient (Wildman–Crippen LogP) is 8.04. The van der Waals surface area contributed by atoms with Gasteiger partial charge in [0.2, 0.25) is 0 Å². The predicted molar refractivity (Wildman–Crippen MR) is 149 cm³/mol. The molecule has 3 aromatic rings. The molecule has 1 aromatic heterocycles. The van der Waals surface area contributed by atoms with Gasteiger partial charge in [-0.25, -0.2) is 4.98 Å². The molecule has 180 valence electrons. The monoisotopic (exact) mass is 651 g/mol. The Morgan fingerprint density at radius 3 is 2.41 bits per heavy atom. The first kappa shape index (κ1) is 25.6. The Labute approximate surface area is 225 Å². The van der Waals surface area contributed by atoms with Crippen LogP contribution >= 0.6 is 47.8 Å². The van der Waals surface area contributed by atoms with E-state index in [0.717, 1.165) is 56.2 Å². The number of hydrogen-bond donors (Lipinski definition) is 0. The summed E-state index contributed by atoms with van der Waals surface area (Å²) in [7, 11) is 0. The van der Waals surface area contributed by atoms with Gasteiger partial charge in [-0.2, -0.15) is 9.78 Å². The molecule has 0 radical (unpaired) electrons. The van der Waals surface area contributed by atoms with E-state index in [9.17, 15) is 4.79 Å². The molecule has 0 aliphatic heterocycles. The van der Waals surface area contributed by atoms with Crippen molar-refractivity contribution < 1.29 is 4.74 Å². The van der Waals surface area contributed by atoms with Gasteiger partial charge in [0.05, 0.1) is 32.7 Å². The molecule has 2 aromatic carbocycles. The molecule has 0 unspecified atom stereocenters. The highest BCUT2D eigenvalue weighted by atomic mass is 79.9. The third-order valence-electron chi connectivity index (χ3n) is 5.80. The molecule has 0 N–H and O–H groups in total. The summed E-state index contributed by atoms with van der Waals surface area (Å²) in [6, 6.07) is 9.53. The normalized spacial score (nSPS) is 15.4. The van der Waals surface area contributed by atoms with E-state index in [0.29, 0.717) is 17.5 Å². The van der Waals surface area contributed by atoms with E-state index in [4.69, 9.17) is 9.72 Å². The molecule has 4 rings (SSSR count). The third kappa shape index (κ3) is 6.00. The highest BCUT2D eigenvalue weighted by Gasteiger charge is 2.22. The molecule has 1 heterocycles. The fraction of sp³-hybridized carbons (Fsp3) is 0.423. The molecular formula is C26H28Br3N3O2. The SMILES string of the molecule is CC(C)(C)COc1c(Br)cc(C=Nn2c(C3CCCCC3)nc3ccc(Br)cc3c2=O)cc1Br. The van der Waals surface area contributed by atoms with Crippen LogP contribution in [0.4, 0.5) is 0 Å². The third-order valence-corrected chi connectivity index (χ3v) is 7.47. The fourth-order valence-corrected chi connectivity index (χ4v) is 5.92. The summed E-state index contributed by atoms with van der Waals surface area (Å²) in [5.41, 5.74) is 1.46. The Kier molecular flexibility index (Phi) is 7.99. The number of rotatable bonds is 5. The number of ether oxygens (including phenoxy) is 1. The zero-order valence-electron chi connectivity index (χ0n) is 19.6. The van der Waals surface area contributed by atoms with Gasteiger partial charge in [-0.3, -0.25) is 4.79 Å². The van der Waals surface area contributed by atoms with Crippen molar-refractivity contribution in [1.82, 2.24) is 9.66 Å². The smallest absolute Gasteiger partial charge is 0.282 e. The second kappa shape index (κ2) is 10.6. The molecule has 8 heteroatoms. The van der Waals surface area contributed by atoms with E-state index < -0.39 is 0 Å². The number of fused-ring (bicyclic) bond motifs is 1. The van der Waals surface area contributed by atoms with Crippen LogP contribution < -0.4 is 10.3 Å². The van der Waals surface area contributed by atoms with Crippen LogP contribution in [0.1, 0.15) is 70.2 Å². The van der Waals surface area contributed by atoms with Gasteiger partial charge in [0.1, 0.15) is 11.6 Å². The zero-order chi connectivity index (χ0) is 24.5. The van der Waals surface area contributed by atoms with Crippen LogP contribution in [0.2, 0.25) is 0 Å². The summed E-state index contributed by atoms with van der Waals surface area (Å²) in [6.45, 7) is 6.99. The van der Waals surface area contributed by atoms with Crippen molar-refractivity contribution in [1.29, 1.82) is 0 Å². The first-order chi connectivity index (χ1) is 16.1. The van der Waals surface area contributed by atoms with Gasteiger partial charge in [-0.15, -0.1) is 0 Å². The molecule has 1 aliphatic rings. The first-order valence-corrected chi connectivity index (χ1v) is 13.9. The van der Waals surface area contributed by atoms with Crippen LogP contribution in [0.5, 0.6) is 5.75 Å². The number of aromatic nitrogens is 2. The topological polar surface area (TPSA) is 56.5 Å². The van der Waals surface area contributed by atoms with Crippen molar-refractivity contribution in [3.63, 3.8) is 0 Å². The van der Waals surface area contributed by atoms with Gasteiger partial charge < -0.3 is 4.74 Å². The highest BCUT2D eigenvalue weighted by Crippen LogP contribution is 2.36.